The Morgan fingerprint density at radius 1 is 1.08 bits per heavy atom. The Bertz CT molecular complexity index is 867. The van der Waals surface area contributed by atoms with Gasteiger partial charge in [0.15, 0.2) is 0 Å². The van der Waals surface area contributed by atoms with E-state index in [2.05, 4.69) is 20.6 Å². The lowest BCUT2D eigenvalue weighted by Crippen LogP contribution is -2.29. The molecule has 0 aliphatic carbocycles. The lowest BCUT2D eigenvalue weighted by Gasteiger charge is -2.09. The van der Waals surface area contributed by atoms with Gasteiger partial charge in [0.05, 0.1) is 10.6 Å². The molecule has 0 aliphatic heterocycles. The van der Waals surface area contributed by atoms with Crippen molar-refractivity contribution < 1.29 is 4.79 Å². The molecule has 0 bridgehead atoms. The fraction of sp³-hybridized carbons (Fsp3) is 0.118. The third kappa shape index (κ3) is 4.49. The Hall–Kier alpha value is -2.57. The first-order valence-electron chi connectivity index (χ1n) is 7.56. The van der Waals surface area contributed by atoms with Gasteiger partial charge in [-0.15, -0.1) is 0 Å². The molecule has 2 N–H and O–H groups in total. The number of nitrogens with zero attached hydrogens (tertiary/aromatic N) is 3. The van der Waals surface area contributed by atoms with Gasteiger partial charge in [-0.2, -0.15) is 0 Å². The number of nitrogens with one attached hydrogen (secondary N) is 2. The molecule has 0 aliphatic rings. The van der Waals surface area contributed by atoms with Crippen molar-refractivity contribution in [3.8, 4) is 5.82 Å². The van der Waals surface area contributed by atoms with Gasteiger partial charge in [-0.1, -0.05) is 23.2 Å². The van der Waals surface area contributed by atoms with Crippen molar-refractivity contribution in [3.05, 3.63) is 70.7 Å². The predicted octanol–water partition coefficient (Wildman–Crippen LogP) is 3.42. The lowest BCUT2D eigenvalue weighted by atomic mass is 10.2. The van der Waals surface area contributed by atoms with Gasteiger partial charge in [0.25, 0.3) is 5.91 Å². The zero-order valence-corrected chi connectivity index (χ0v) is 14.6. The number of halogens is 2. The SMILES string of the molecule is O=C(NCCNc1cc(-n2cccc2)ncn1)c1ccc(Cl)cc1Cl. The molecular weight excluding hydrogens is 361 g/mol. The first-order valence-corrected chi connectivity index (χ1v) is 8.31. The number of benzene rings is 1. The molecule has 6 nitrogen and oxygen atoms in total. The van der Waals surface area contributed by atoms with Crippen LogP contribution in [0.1, 0.15) is 10.4 Å². The highest BCUT2D eigenvalue weighted by Crippen LogP contribution is 2.20. The third-order valence-corrected chi connectivity index (χ3v) is 3.96. The zero-order valence-electron chi connectivity index (χ0n) is 13.1. The van der Waals surface area contributed by atoms with E-state index >= 15 is 0 Å². The van der Waals surface area contributed by atoms with E-state index in [1.807, 2.05) is 35.2 Å². The Labute approximate surface area is 154 Å². The van der Waals surface area contributed by atoms with E-state index in [0.717, 1.165) is 5.82 Å². The molecule has 0 radical (unpaired) electrons. The van der Waals surface area contributed by atoms with Gasteiger partial charge in [0.1, 0.15) is 18.0 Å². The summed E-state index contributed by atoms with van der Waals surface area (Å²) in [5, 5.41) is 6.75. The van der Waals surface area contributed by atoms with Crippen LogP contribution in [0.3, 0.4) is 0 Å². The molecule has 2 aromatic heterocycles. The maximum atomic E-state index is 12.1. The molecule has 1 aromatic carbocycles. The molecule has 0 saturated heterocycles. The van der Waals surface area contributed by atoms with Crippen LogP contribution in [0.2, 0.25) is 10.0 Å². The quantitative estimate of drug-likeness (QED) is 0.647. The molecule has 2 heterocycles. The molecule has 0 unspecified atom stereocenters. The van der Waals surface area contributed by atoms with E-state index in [1.165, 1.54) is 6.33 Å². The fourth-order valence-corrected chi connectivity index (χ4v) is 2.70. The average molecular weight is 376 g/mol. The highest BCUT2D eigenvalue weighted by molar-refractivity contribution is 6.36. The third-order valence-electron chi connectivity index (χ3n) is 3.41. The number of aromatic nitrogens is 3. The summed E-state index contributed by atoms with van der Waals surface area (Å²) in [6.07, 6.45) is 5.30. The second-order valence-electron chi connectivity index (χ2n) is 5.16. The molecule has 0 atom stereocenters. The lowest BCUT2D eigenvalue weighted by molar-refractivity contribution is 0.0955. The van der Waals surface area contributed by atoms with Crippen LogP contribution in [0.5, 0.6) is 0 Å². The Balaban J connectivity index is 1.52. The summed E-state index contributed by atoms with van der Waals surface area (Å²) < 4.78 is 1.89. The van der Waals surface area contributed by atoms with E-state index < -0.39 is 0 Å². The van der Waals surface area contributed by atoms with Crippen molar-refractivity contribution in [2.24, 2.45) is 0 Å². The van der Waals surface area contributed by atoms with Gasteiger partial charge in [-0.05, 0) is 30.3 Å². The summed E-state index contributed by atoms with van der Waals surface area (Å²) >= 11 is 11.8. The number of rotatable bonds is 6. The minimum atomic E-state index is -0.251. The van der Waals surface area contributed by atoms with Gasteiger partial charge in [-0.25, -0.2) is 9.97 Å². The molecule has 25 heavy (non-hydrogen) atoms. The van der Waals surface area contributed by atoms with Crippen molar-refractivity contribution in [2.45, 2.75) is 0 Å². The van der Waals surface area contributed by atoms with Crippen LogP contribution in [0, 0.1) is 0 Å². The van der Waals surface area contributed by atoms with Crippen molar-refractivity contribution in [1.82, 2.24) is 19.9 Å². The van der Waals surface area contributed by atoms with E-state index in [1.54, 1.807) is 18.2 Å². The van der Waals surface area contributed by atoms with Crippen molar-refractivity contribution in [3.63, 3.8) is 0 Å². The standard InChI is InChI=1S/C17H15Cl2N5O/c18-12-3-4-13(14(19)9-12)17(25)21-6-5-20-15-10-16(23-11-22-15)24-7-1-2-8-24/h1-4,7-11H,5-6H2,(H,21,25)(H,20,22,23). The Morgan fingerprint density at radius 3 is 2.64 bits per heavy atom. The van der Waals surface area contributed by atoms with Gasteiger partial charge in [-0.3, -0.25) is 4.79 Å². The summed E-state index contributed by atoms with van der Waals surface area (Å²) in [5.41, 5.74) is 0.392. The van der Waals surface area contributed by atoms with E-state index in [0.29, 0.717) is 34.5 Å². The number of carbonyl (C=O) groups excluding carboxylic acids is 1. The van der Waals surface area contributed by atoms with Crippen molar-refractivity contribution in [1.29, 1.82) is 0 Å². The molecule has 8 heteroatoms. The van der Waals surface area contributed by atoms with Gasteiger partial charge in [0.2, 0.25) is 0 Å². The molecule has 0 fully saturated rings. The largest absolute Gasteiger partial charge is 0.368 e. The molecular formula is C17H15Cl2N5O. The maximum Gasteiger partial charge on any atom is 0.252 e. The van der Waals surface area contributed by atoms with Crippen LogP contribution in [0.25, 0.3) is 5.82 Å². The summed E-state index contributed by atoms with van der Waals surface area (Å²) in [7, 11) is 0. The number of hydrogen-bond acceptors (Lipinski definition) is 4. The average Bonchev–Trinajstić information content (AvgIpc) is 3.13. The zero-order chi connectivity index (χ0) is 17.6. The normalized spacial score (nSPS) is 10.5. The number of hydrogen-bond donors (Lipinski definition) is 2. The number of amides is 1. The second-order valence-corrected chi connectivity index (χ2v) is 6.00. The first kappa shape index (κ1) is 17.3. The van der Waals surface area contributed by atoms with Gasteiger partial charge in [0, 0.05) is 36.6 Å². The van der Waals surface area contributed by atoms with Crippen LogP contribution in [0.4, 0.5) is 5.82 Å². The molecule has 3 rings (SSSR count). The number of carbonyl (C=O) groups is 1. The van der Waals surface area contributed by atoms with Crippen LogP contribution in [0.15, 0.2) is 55.1 Å². The molecule has 1 amide bonds. The monoisotopic (exact) mass is 375 g/mol. The van der Waals surface area contributed by atoms with E-state index in [9.17, 15) is 4.79 Å². The molecule has 128 valence electrons. The minimum Gasteiger partial charge on any atom is -0.368 e. The molecule has 0 saturated carbocycles. The minimum absolute atomic E-state index is 0.251. The highest BCUT2D eigenvalue weighted by atomic mass is 35.5. The maximum absolute atomic E-state index is 12.1. The van der Waals surface area contributed by atoms with Crippen LogP contribution < -0.4 is 10.6 Å². The highest BCUT2D eigenvalue weighted by Gasteiger charge is 2.10. The summed E-state index contributed by atoms with van der Waals surface area (Å²) in [4.78, 5) is 20.5. The number of anilines is 1. The van der Waals surface area contributed by atoms with Crippen LogP contribution in [-0.4, -0.2) is 33.5 Å². The Morgan fingerprint density at radius 2 is 1.88 bits per heavy atom. The Kier molecular flexibility index (Phi) is 5.53. The summed E-state index contributed by atoms with van der Waals surface area (Å²) in [6.45, 7) is 0.930. The van der Waals surface area contributed by atoms with E-state index in [-0.39, 0.29) is 5.91 Å². The smallest absolute Gasteiger partial charge is 0.252 e. The van der Waals surface area contributed by atoms with E-state index in [4.69, 9.17) is 23.2 Å². The summed E-state index contributed by atoms with van der Waals surface area (Å²) in [5.74, 6) is 1.19. The van der Waals surface area contributed by atoms with Gasteiger partial charge >= 0.3 is 0 Å². The van der Waals surface area contributed by atoms with Gasteiger partial charge < -0.3 is 15.2 Å². The first-order chi connectivity index (χ1) is 12.1. The predicted molar refractivity (Wildman–Crippen MR) is 98.6 cm³/mol. The molecule has 3 aromatic rings. The second kappa shape index (κ2) is 8.00. The van der Waals surface area contributed by atoms with Crippen molar-refractivity contribution >= 4 is 34.9 Å². The molecule has 0 spiro atoms. The summed E-state index contributed by atoms with van der Waals surface area (Å²) in [6, 6.07) is 10.4. The fourth-order valence-electron chi connectivity index (χ4n) is 2.21. The van der Waals surface area contributed by atoms with Crippen molar-refractivity contribution in [2.75, 3.05) is 18.4 Å². The topological polar surface area (TPSA) is 71.8 Å². The van der Waals surface area contributed by atoms with Crippen LogP contribution in [-0.2, 0) is 0 Å². The van der Waals surface area contributed by atoms with Crippen LogP contribution >= 0.6 is 23.2 Å².